The summed E-state index contributed by atoms with van der Waals surface area (Å²) in [5.41, 5.74) is 8.34. The maximum absolute atomic E-state index is 5.91. The predicted octanol–water partition coefficient (Wildman–Crippen LogP) is 2.96. The van der Waals surface area contributed by atoms with Crippen LogP contribution in [0, 0.1) is 0 Å². The molecule has 2 aromatic rings. The van der Waals surface area contributed by atoms with E-state index in [1.54, 1.807) is 0 Å². The minimum absolute atomic E-state index is 0.0769. The van der Waals surface area contributed by atoms with Gasteiger partial charge in [-0.1, -0.05) is 15.9 Å². The fourth-order valence-corrected chi connectivity index (χ4v) is 2.12. The molecule has 0 aliphatic heterocycles. The van der Waals surface area contributed by atoms with Gasteiger partial charge in [0, 0.05) is 34.7 Å². The van der Waals surface area contributed by atoms with Crippen molar-refractivity contribution in [3.05, 3.63) is 34.4 Å². The molecule has 0 aliphatic rings. The first kappa shape index (κ1) is 9.74. The van der Waals surface area contributed by atoms with Crippen molar-refractivity contribution in [3.8, 4) is 0 Å². The van der Waals surface area contributed by atoms with Crippen LogP contribution in [0.5, 0.6) is 0 Å². The van der Waals surface area contributed by atoms with Crippen LogP contribution in [0.2, 0.25) is 0 Å². The van der Waals surface area contributed by atoms with Crippen molar-refractivity contribution in [1.82, 2.24) is 4.57 Å². The van der Waals surface area contributed by atoms with Gasteiger partial charge in [0.05, 0.1) is 0 Å². The van der Waals surface area contributed by atoms with Gasteiger partial charge >= 0.3 is 0 Å². The molecule has 2 rings (SSSR count). The molecule has 0 bridgehead atoms. The third kappa shape index (κ3) is 1.47. The van der Waals surface area contributed by atoms with E-state index in [-0.39, 0.29) is 6.04 Å². The van der Waals surface area contributed by atoms with Crippen LogP contribution in [-0.2, 0) is 7.05 Å². The minimum atomic E-state index is 0.0769. The summed E-state index contributed by atoms with van der Waals surface area (Å²) in [5, 5.41) is 1.23. The molecule has 74 valence electrons. The van der Waals surface area contributed by atoms with E-state index in [4.69, 9.17) is 5.73 Å². The van der Waals surface area contributed by atoms with Crippen LogP contribution in [0.4, 0.5) is 0 Å². The summed E-state index contributed by atoms with van der Waals surface area (Å²) in [7, 11) is 2.04. The van der Waals surface area contributed by atoms with E-state index in [1.165, 1.54) is 16.5 Å². The van der Waals surface area contributed by atoms with Crippen molar-refractivity contribution in [2.45, 2.75) is 13.0 Å². The number of hydrogen-bond donors (Lipinski definition) is 1. The van der Waals surface area contributed by atoms with Crippen molar-refractivity contribution in [1.29, 1.82) is 0 Å². The molecule has 3 heteroatoms. The monoisotopic (exact) mass is 252 g/mol. The summed E-state index contributed by atoms with van der Waals surface area (Å²) in [6.45, 7) is 2.01. The van der Waals surface area contributed by atoms with Crippen molar-refractivity contribution in [2.24, 2.45) is 12.8 Å². The Labute approximate surface area is 91.8 Å². The van der Waals surface area contributed by atoms with Crippen molar-refractivity contribution < 1.29 is 0 Å². The Balaban J connectivity index is 2.79. The van der Waals surface area contributed by atoms with Crippen molar-refractivity contribution >= 4 is 26.8 Å². The number of aromatic nitrogens is 1. The van der Waals surface area contributed by atoms with Crippen molar-refractivity contribution in [3.63, 3.8) is 0 Å². The number of rotatable bonds is 1. The summed E-state index contributed by atoms with van der Waals surface area (Å²) >= 11 is 3.47. The Morgan fingerprint density at radius 3 is 2.79 bits per heavy atom. The molecule has 2 N–H and O–H groups in total. The maximum atomic E-state index is 5.91. The standard InChI is InChI=1S/C11H13BrN2/c1-7(13)10-6-14(2)11-4-3-8(12)5-9(10)11/h3-7H,13H2,1-2H3. The predicted molar refractivity (Wildman–Crippen MR) is 63.2 cm³/mol. The second kappa shape index (κ2) is 3.41. The molecule has 0 saturated heterocycles. The van der Waals surface area contributed by atoms with Crippen molar-refractivity contribution in [2.75, 3.05) is 0 Å². The van der Waals surface area contributed by atoms with Crippen LogP contribution < -0.4 is 5.73 Å². The third-order valence-corrected chi connectivity index (χ3v) is 2.97. The zero-order valence-electron chi connectivity index (χ0n) is 8.29. The SMILES string of the molecule is CC(N)c1cn(C)c2ccc(Br)cc12. The van der Waals surface area contributed by atoms with Gasteiger partial charge in [-0.15, -0.1) is 0 Å². The Bertz CT molecular complexity index is 471. The second-order valence-electron chi connectivity index (χ2n) is 3.65. The zero-order chi connectivity index (χ0) is 10.3. The Morgan fingerprint density at radius 1 is 1.43 bits per heavy atom. The number of aryl methyl sites for hydroxylation is 1. The van der Waals surface area contributed by atoms with Gasteiger partial charge in [0.2, 0.25) is 0 Å². The summed E-state index contributed by atoms with van der Waals surface area (Å²) in [4.78, 5) is 0. The first-order valence-corrected chi connectivity index (χ1v) is 5.39. The minimum Gasteiger partial charge on any atom is -0.350 e. The summed E-state index contributed by atoms with van der Waals surface area (Å²) in [6, 6.07) is 6.35. The molecule has 0 fully saturated rings. The van der Waals surface area contributed by atoms with Gasteiger partial charge in [0.25, 0.3) is 0 Å². The lowest BCUT2D eigenvalue weighted by molar-refractivity contribution is 0.815. The van der Waals surface area contributed by atoms with Gasteiger partial charge in [-0.25, -0.2) is 0 Å². The van der Waals surface area contributed by atoms with Crippen LogP contribution in [0.15, 0.2) is 28.9 Å². The molecule has 0 saturated carbocycles. The Morgan fingerprint density at radius 2 is 2.14 bits per heavy atom. The number of hydrogen-bond acceptors (Lipinski definition) is 1. The highest BCUT2D eigenvalue weighted by Gasteiger charge is 2.09. The topological polar surface area (TPSA) is 30.9 Å². The van der Waals surface area contributed by atoms with Crippen LogP contribution in [-0.4, -0.2) is 4.57 Å². The second-order valence-corrected chi connectivity index (χ2v) is 4.56. The molecule has 0 radical (unpaired) electrons. The van der Waals surface area contributed by atoms with E-state index in [0.29, 0.717) is 0 Å². The van der Waals surface area contributed by atoms with Crippen LogP contribution in [0.3, 0.4) is 0 Å². The molecular weight excluding hydrogens is 240 g/mol. The molecule has 1 aromatic heterocycles. The fraction of sp³-hybridized carbons (Fsp3) is 0.273. The van der Waals surface area contributed by atoms with Gasteiger partial charge in [-0.2, -0.15) is 0 Å². The van der Waals surface area contributed by atoms with Gasteiger partial charge in [0.1, 0.15) is 0 Å². The summed E-state index contributed by atoms with van der Waals surface area (Å²) in [6.07, 6.45) is 2.10. The Kier molecular flexibility index (Phi) is 2.37. The van der Waals surface area contributed by atoms with E-state index in [0.717, 1.165) is 4.47 Å². The van der Waals surface area contributed by atoms with Gasteiger partial charge < -0.3 is 10.3 Å². The van der Waals surface area contributed by atoms with E-state index >= 15 is 0 Å². The van der Waals surface area contributed by atoms with E-state index in [2.05, 4.69) is 38.8 Å². The average molecular weight is 253 g/mol. The van der Waals surface area contributed by atoms with Crippen LogP contribution in [0.1, 0.15) is 18.5 Å². The van der Waals surface area contributed by atoms with Crippen LogP contribution in [0.25, 0.3) is 10.9 Å². The first-order chi connectivity index (χ1) is 6.59. The molecule has 0 spiro atoms. The molecule has 1 atom stereocenters. The first-order valence-electron chi connectivity index (χ1n) is 4.59. The smallest absolute Gasteiger partial charge is 0.0481 e. The molecule has 0 aliphatic carbocycles. The average Bonchev–Trinajstić information content (AvgIpc) is 2.43. The number of nitrogens with two attached hydrogens (primary N) is 1. The molecule has 1 heterocycles. The Hall–Kier alpha value is -0.800. The lowest BCUT2D eigenvalue weighted by Gasteiger charge is -2.02. The van der Waals surface area contributed by atoms with Crippen LogP contribution >= 0.6 is 15.9 Å². The van der Waals surface area contributed by atoms with Gasteiger partial charge in [-0.05, 0) is 30.7 Å². The highest BCUT2D eigenvalue weighted by Crippen LogP contribution is 2.27. The number of benzene rings is 1. The summed E-state index contributed by atoms with van der Waals surface area (Å²) < 4.78 is 3.21. The van der Waals surface area contributed by atoms with E-state index < -0.39 is 0 Å². The van der Waals surface area contributed by atoms with E-state index in [1.807, 2.05) is 20.0 Å². The number of halogens is 1. The molecule has 1 aromatic carbocycles. The zero-order valence-corrected chi connectivity index (χ0v) is 9.88. The molecule has 2 nitrogen and oxygen atoms in total. The van der Waals surface area contributed by atoms with Gasteiger partial charge in [0.15, 0.2) is 0 Å². The molecule has 14 heavy (non-hydrogen) atoms. The lowest BCUT2D eigenvalue weighted by atomic mass is 10.1. The molecule has 0 amide bonds. The van der Waals surface area contributed by atoms with E-state index in [9.17, 15) is 0 Å². The maximum Gasteiger partial charge on any atom is 0.0481 e. The molecule has 1 unspecified atom stereocenters. The normalized spacial score (nSPS) is 13.4. The quantitative estimate of drug-likeness (QED) is 0.832. The highest BCUT2D eigenvalue weighted by molar-refractivity contribution is 9.10. The largest absolute Gasteiger partial charge is 0.350 e. The third-order valence-electron chi connectivity index (χ3n) is 2.47. The lowest BCUT2D eigenvalue weighted by Crippen LogP contribution is -2.03. The fourth-order valence-electron chi connectivity index (χ4n) is 1.76. The number of fused-ring (bicyclic) bond motifs is 1. The number of nitrogens with zero attached hydrogens (tertiary/aromatic N) is 1. The highest BCUT2D eigenvalue weighted by atomic mass is 79.9. The summed E-state index contributed by atoms with van der Waals surface area (Å²) in [5.74, 6) is 0. The van der Waals surface area contributed by atoms with Gasteiger partial charge in [-0.3, -0.25) is 0 Å². The molecular formula is C11H13BrN2.